The predicted molar refractivity (Wildman–Crippen MR) is 112 cm³/mol. The maximum atomic E-state index is 12.6. The Balaban J connectivity index is 0.00000363. The summed E-state index contributed by atoms with van der Waals surface area (Å²) in [5.74, 6) is -3.09. The number of aliphatic carboxylic acids is 1. The van der Waals surface area contributed by atoms with Gasteiger partial charge >= 0.3 is 29.6 Å². The standard InChI is InChI=1S/C16H16N6O6S3.Na/c1-6(23)18-2-3-29-8-5-30-14-10(13(25)22(14)11(8)15(26)27)20-12(24)9(21-28)7-4-31-16(17)19-7;/h2-4,10,14,28H,5H2,1H3,(H2,17,19)(H,18,23)(H,20,24)(H,26,27);/q;+1/p-1/b3-2-,21-9-;/t10?,14-;/m1./s1. The average Bonchev–Trinajstić information content (AvgIpc) is 3.14. The van der Waals surface area contributed by atoms with E-state index < -0.39 is 34.9 Å². The minimum Gasteiger partial charge on any atom is -0.543 e. The Labute approximate surface area is 216 Å². The van der Waals surface area contributed by atoms with Crippen LogP contribution >= 0.6 is 34.9 Å². The van der Waals surface area contributed by atoms with Crippen LogP contribution in [0.15, 0.2) is 32.7 Å². The maximum absolute atomic E-state index is 12.6. The molecule has 1 saturated heterocycles. The van der Waals surface area contributed by atoms with E-state index in [9.17, 15) is 24.3 Å². The fourth-order valence-corrected chi connectivity index (χ4v) is 5.57. The van der Waals surface area contributed by atoms with E-state index in [1.165, 1.54) is 35.7 Å². The summed E-state index contributed by atoms with van der Waals surface area (Å²) in [6.45, 7) is 1.32. The molecule has 2 aliphatic rings. The Morgan fingerprint density at radius 2 is 2.19 bits per heavy atom. The van der Waals surface area contributed by atoms with E-state index in [0.29, 0.717) is 4.91 Å². The van der Waals surface area contributed by atoms with Crippen LogP contribution in [0.5, 0.6) is 0 Å². The van der Waals surface area contributed by atoms with Crippen LogP contribution in [-0.4, -0.2) is 61.7 Å². The van der Waals surface area contributed by atoms with Gasteiger partial charge in [-0.05, 0) is 5.41 Å². The molecule has 12 nitrogen and oxygen atoms in total. The minimum absolute atomic E-state index is 0. The number of rotatable bonds is 7. The molecular weight excluding hydrogens is 491 g/mol. The van der Waals surface area contributed by atoms with Crippen LogP contribution in [-0.2, 0) is 19.2 Å². The molecule has 0 aliphatic carbocycles. The molecule has 1 aromatic rings. The van der Waals surface area contributed by atoms with Crippen LogP contribution < -0.4 is 51.0 Å². The van der Waals surface area contributed by atoms with E-state index in [1.54, 1.807) is 0 Å². The number of nitrogens with two attached hydrogens (primary N) is 1. The van der Waals surface area contributed by atoms with Crippen molar-refractivity contribution in [3.05, 3.63) is 33.3 Å². The number of hydrogen-bond donors (Lipinski definition) is 4. The number of nitrogens with one attached hydrogen (secondary N) is 2. The van der Waals surface area contributed by atoms with Crippen LogP contribution in [0, 0.1) is 0 Å². The monoisotopic (exact) mass is 506 g/mol. The van der Waals surface area contributed by atoms with E-state index in [2.05, 4.69) is 20.8 Å². The first-order chi connectivity index (χ1) is 14.7. The summed E-state index contributed by atoms with van der Waals surface area (Å²) in [7, 11) is 0. The number of amides is 3. The first kappa shape index (κ1) is 26.2. The number of β-lactam (4-membered cyclic amide) rings is 1. The van der Waals surface area contributed by atoms with E-state index >= 15 is 0 Å². The van der Waals surface area contributed by atoms with Crippen molar-refractivity contribution in [1.29, 1.82) is 0 Å². The van der Waals surface area contributed by atoms with Crippen molar-refractivity contribution in [1.82, 2.24) is 20.5 Å². The number of nitrogen functional groups attached to an aromatic ring is 1. The van der Waals surface area contributed by atoms with E-state index in [1.807, 2.05) is 0 Å². The number of carbonyl (C=O) groups is 4. The first-order valence-electron chi connectivity index (χ1n) is 8.46. The molecule has 5 N–H and O–H groups in total. The van der Waals surface area contributed by atoms with Gasteiger partial charge in [0.2, 0.25) is 5.91 Å². The first-order valence-corrected chi connectivity index (χ1v) is 11.3. The molecule has 0 bridgehead atoms. The molecule has 2 atom stereocenters. The summed E-state index contributed by atoms with van der Waals surface area (Å²) in [6, 6.07) is -1.03. The third kappa shape index (κ3) is 5.47. The van der Waals surface area contributed by atoms with Gasteiger partial charge in [0.1, 0.15) is 17.1 Å². The number of carboxylic acids is 1. The molecule has 16 heteroatoms. The quantitative estimate of drug-likeness (QED) is 0.0923. The van der Waals surface area contributed by atoms with Gasteiger partial charge in [0.25, 0.3) is 11.8 Å². The Morgan fingerprint density at radius 3 is 2.75 bits per heavy atom. The SMILES string of the molecule is CC(=O)N/C=C\SC1=C(C(=O)[O-])N2C(=O)C(NC(=O)/C(=N\O)c3csc(N)n3)[C@H]2SC1.[Na+]. The molecule has 1 fully saturated rings. The van der Waals surface area contributed by atoms with Gasteiger partial charge in [-0.3, -0.25) is 19.3 Å². The largest absolute Gasteiger partial charge is 1.00 e. The number of oxime groups is 1. The molecule has 3 amide bonds. The zero-order valence-corrected chi connectivity index (χ0v) is 21.2. The van der Waals surface area contributed by atoms with Crippen molar-refractivity contribution >= 4 is 69.4 Å². The van der Waals surface area contributed by atoms with Crippen LogP contribution in [0.4, 0.5) is 5.13 Å². The molecule has 2 aliphatic heterocycles. The molecule has 0 radical (unpaired) electrons. The van der Waals surface area contributed by atoms with Gasteiger partial charge in [0.05, 0.1) is 11.7 Å². The molecule has 1 unspecified atom stereocenters. The Morgan fingerprint density at radius 1 is 1.47 bits per heavy atom. The van der Waals surface area contributed by atoms with Crippen LogP contribution in [0.2, 0.25) is 0 Å². The third-order valence-corrected chi connectivity index (χ3v) is 7.09. The number of carboxylic acid groups (broad SMARTS) is 1. The number of thioether (sulfide) groups is 2. The zero-order valence-electron chi connectivity index (χ0n) is 16.7. The molecule has 3 heterocycles. The Kier molecular flexibility index (Phi) is 9.18. The van der Waals surface area contributed by atoms with Gasteiger partial charge in [-0.25, -0.2) is 4.98 Å². The van der Waals surface area contributed by atoms with Gasteiger partial charge in [0, 0.05) is 29.2 Å². The summed E-state index contributed by atoms with van der Waals surface area (Å²) in [5, 5.41) is 31.0. The number of thiazole rings is 1. The molecular formula is C16H15N6NaO6S3. The van der Waals surface area contributed by atoms with Gasteiger partial charge in [0.15, 0.2) is 10.8 Å². The fourth-order valence-electron chi connectivity index (χ4n) is 2.76. The maximum Gasteiger partial charge on any atom is 1.00 e. The summed E-state index contributed by atoms with van der Waals surface area (Å²) in [5.41, 5.74) is 4.85. The number of nitrogens with zero attached hydrogens (tertiary/aromatic N) is 3. The van der Waals surface area contributed by atoms with E-state index in [4.69, 9.17) is 10.9 Å². The summed E-state index contributed by atoms with van der Waals surface area (Å²) in [6.07, 6.45) is 1.35. The molecule has 32 heavy (non-hydrogen) atoms. The summed E-state index contributed by atoms with van der Waals surface area (Å²) in [4.78, 5) is 52.9. The van der Waals surface area contributed by atoms with Crippen molar-refractivity contribution in [3.63, 3.8) is 0 Å². The van der Waals surface area contributed by atoms with Crippen molar-refractivity contribution in [2.45, 2.75) is 18.3 Å². The van der Waals surface area contributed by atoms with Gasteiger partial charge in [-0.1, -0.05) is 16.9 Å². The Bertz CT molecular complexity index is 1040. The van der Waals surface area contributed by atoms with E-state index in [-0.39, 0.29) is 57.7 Å². The van der Waals surface area contributed by atoms with Gasteiger partial charge < -0.3 is 31.5 Å². The number of aromatic nitrogens is 1. The average molecular weight is 507 g/mol. The second kappa shape index (κ2) is 11.2. The number of carbonyl (C=O) groups excluding carboxylic acids is 4. The molecule has 0 spiro atoms. The summed E-state index contributed by atoms with van der Waals surface area (Å²) >= 11 is 3.32. The van der Waals surface area contributed by atoms with Crippen molar-refractivity contribution in [2.75, 3.05) is 11.5 Å². The molecule has 0 aromatic carbocycles. The van der Waals surface area contributed by atoms with Gasteiger partial charge in [-0.2, -0.15) is 0 Å². The topological polar surface area (TPSA) is 190 Å². The zero-order chi connectivity index (χ0) is 22.7. The smallest absolute Gasteiger partial charge is 0.543 e. The van der Waals surface area contributed by atoms with E-state index in [0.717, 1.165) is 28.0 Å². The normalized spacial score (nSPS) is 20.3. The minimum atomic E-state index is -1.53. The van der Waals surface area contributed by atoms with Crippen molar-refractivity contribution in [2.24, 2.45) is 5.16 Å². The van der Waals surface area contributed by atoms with Crippen molar-refractivity contribution in [3.8, 4) is 0 Å². The molecule has 164 valence electrons. The second-order valence-electron chi connectivity index (χ2n) is 6.06. The van der Waals surface area contributed by atoms with Crippen LogP contribution in [0.3, 0.4) is 0 Å². The molecule has 0 saturated carbocycles. The third-order valence-electron chi connectivity index (χ3n) is 4.06. The summed E-state index contributed by atoms with van der Waals surface area (Å²) < 4.78 is 0. The molecule has 3 rings (SSSR count). The Hall–Kier alpha value is -2.04. The number of anilines is 1. The number of fused-ring (bicyclic) bond motifs is 1. The van der Waals surface area contributed by atoms with Crippen LogP contribution in [0.1, 0.15) is 12.6 Å². The van der Waals surface area contributed by atoms with Gasteiger partial charge in [-0.15, -0.1) is 23.1 Å². The predicted octanol–water partition coefficient (Wildman–Crippen LogP) is -4.39. The number of hydrogen-bond acceptors (Lipinski definition) is 12. The fraction of sp³-hybridized carbons (Fsp3) is 0.250. The van der Waals surface area contributed by atoms with Crippen LogP contribution in [0.25, 0.3) is 0 Å². The van der Waals surface area contributed by atoms with Crippen molar-refractivity contribution < 1.29 is 59.0 Å². The molecule has 1 aromatic heterocycles. The second-order valence-corrected chi connectivity index (χ2v) is 9.06.